The number of aromatic nitrogens is 1. The SMILES string of the molecule is CCNC(=NCc1nc(C)c(C)s1)NCC(C)Oc1ccccc1C.I. The fraction of sp³-hybridized carbons (Fsp3) is 0.474. The lowest BCUT2D eigenvalue weighted by molar-refractivity contribution is 0.222. The van der Waals surface area contributed by atoms with E-state index in [0.29, 0.717) is 13.1 Å². The van der Waals surface area contributed by atoms with Crippen LogP contribution in [-0.2, 0) is 6.54 Å². The molecule has 0 spiro atoms. The normalized spacial score (nSPS) is 12.3. The molecule has 144 valence electrons. The summed E-state index contributed by atoms with van der Waals surface area (Å²) in [6.07, 6.45) is 0.0364. The summed E-state index contributed by atoms with van der Waals surface area (Å²) in [5.41, 5.74) is 2.23. The Morgan fingerprint density at radius 3 is 2.58 bits per heavy atom. The Bertz CT molecular complexity index is 698. The number of benzene rings is 1. The van der Waals surface area contributed by atoms with Gasteiger partial charge in [0.2, 0.25) is 0 Å². The Morgan fingerprint density at radius 1 is 1.23 bits per heavy atom. The first-order chi connectivity index (χ1) is 12.0. The predicted octanol–water partition coefficient (Wildman–Crippen LogP) is 4.21. The predicted molar refractivity (Wildman–Crippen MR) is 121 cm³/mol. The van der Waals surface area contributed by atoms with Crippen molar-refractivity contribution in [2.45, 2.75) is 47.3 Å². The van der Waals surface area contributed by atoms with Crippen LogP contribution in [0, 0.1) is 20.8 Å². The molecule has 7 heteroatoms. The number of hydrogen-bond donors (Lipinski definition) is 2. The van der Waals surface area contributed by atoms with Crippen molar-refractivity contribution in [3.05, 3.63) is 45.4 Å². The van der Waals surface area contributed by atoms with Gasteiger partial charge in [-0.3, -0.25) is 0 Å². The molecule has 0 aliphatic rings. The van der Waals surface area contributed by atoms with Gasteiger partial charge in [0.1, 0.15) is 16.9 Å². The number of halogens is 1. The fourth-order valence-corrected chi connectivity index (χ4v) is 3.14. The molecule has 0 aliphatic heterocycles. The highest BCUT2D eigenvalue weighted by Gasteiger charge is 2.08. The minimum Gasteiger partial charge on any atom is -0.489 e. The number of aryl methyl sites for hydroxylation is 3. The Hall–Kier alpha value is -1.35. The van der Waals surface area contributed by atoms with Gasteiger partial charge < -0.3 is 15.4 Å². The van der Waals surface area contributed by atoms with Crippen LogP contribution in [0.2, 0.25) is 0 Å². The second kappa shape index (κ2) is 11.4. The molecule has 1 heterocycles. The zero-order chi connectivity index (χ0) is 18.2. The van der Waals surface area contributed by atoms with Gasteiger partial charge >= 0.3 is 0 Å². The minimum atomic E-state index is 0. The van der Waals surface area contributed by atoms with Gasteiger partial charge in [0.25, 0.3) is 0 Å². The molecule has 26 heavy (non-hydrogen) atoms. The van der Waals surface area contributed by atoms with E-state index in [1.54, 1.807) is 11.3 Å². The van der Waals surface area contributed by atoms with Gasteiger partial charge in [-0.15, -0.1) is 35.3 Å². The highest BCUT2D eigenvalue weighted by Crippen LogP contribution is 2.18. The molecular formula is C19H29IN4OS. The van der Waals surface area contributed by atoms with Gasteiger partial charge in [0, 0.05) is 11.4 Å². The monoisotopic (exact) mass is 488 g/mol. The van der Waals surface area contributed by atoms with Crippen molar-refractivity contribution in [3.63, 3.8) is 0 Å². The molecule has 5 nitrogen and oxygen atoms in total. The van der Waals surface area contributed by atoms with E-state index in [1.807, 2.05) is 25.1 Å². The molecule has 2 aromatic rings. The van der Waals surface area contributed by atoms with Crippen LogP contribution in [0.15, 0.2) is 29.3 Å². The molecule has 0 bridgehead atoms. The van der Waals surface area contributed by atoms with Crippen LogP contribution in [0.1, 0.15) is 35.0 Å². The van der Waals surface area contributed by atoms with E-state index in [4.69, 9.17) is 4.74 Å². The number of para-hydroxylation sites is 1. The van der Waals surface area contributed by atoms with Gasteiger partial charge in [-0.1, -0.05) is 18.2 Å². The zero-order valence-electron chi connectivity index (χ0n) is 16.1. The summed E-state index contributed by atoms with van der Waals surface area (Å²) in [6.45, 7) is 12.4. The Labute approximate surface area is 177 Å². The molecule has 1 atom stereocenters. The van der Waals surface area contributed by atoms with E-state index in [0.717, 1.165) is 34.5 Å². The first kappa shape index (κ1) is 22.7. The lowest BCUT2D eigenvalue weighted by Gasteiger charge is -2.18. The Morgan fingerprint density at radius 2 is 1.96 bits per heavy atom. The quantitative estimate of drug-likeness (QED) is 0.348. The van der Waals surface area contributed by atoms with Gasteiger partial charge in [0.05, 0.1) is 18.8 Å². The van der Waals surface area contributed by atoms with Gasteiger partial charge in [-0.25, -0.2) is 9.98 Å². The number of nitrogens with one attached hydrogen (secondary N) is 2. The van der Waals surface area contributed by atoms with E-state index in [1.165, 1.54) is 4.88 Å². The zero-order valence-corrected chi connectivity index (χ0v) is 19.3. The highest BCUT2D eigenvalue weighted by molar-refractivity contribution is 14.0. The maximum absolute atomic E-state index is 6.00. The average Bonchev–Trinajstić information content (AvgIpc) is 2.90. The van der Waals surface area contributed by atoms with Crippen molar-refractivity contribution in [1.29, 1.82) is 0 Å². The molecule has 0 radical (unpaired) electrons. The third kappa shape index (κ3) is 7.11. The molecule has 2 N–H and O–H groups in total. The molecule has 1 aromatic carbocycles. The van der Waals surface area contributed by atoms with E-state index in [9.17, 15) is 0 Å². The van der Waals surface area contributed by atoms with Crippen LogP contribution in [-0.4, -0.2) is 30.1 Å². The van der Waals surface area contributed by atoms with Crippen molar-refractivity contribution in [1.82, 2.24) is 15.6 Å². The summed E-state index contributed by atoms with van der Waals surface area (Å²) in [4.78, 5) is 10.4. The molecular weight excluding hydrogens is 459 g/mol. The van der Waals surface area contributed by atoms with Crippen molar-refractivity contribution in [2.75, 3.05) is 13.1 Å². The van der Waals surface area contributed by atoms with Crippen molar-refractivity contribution in [3.8, 4) is 5.75 Å². The summed E-state index contributed by atoms with van der Waals surface area (Å²) in [5.74, 6) is 1.71. The molecule has 0 saturated heterocycles. The summed E-state index contributed by atoms with van der Waals surface area (Å²) in [6, 6.07) is 8.06. The molecule has 1 aromatic heterocycles. The topological polar surface area (TPSA) is 58.5 Å². The van der Waals surface area contributed by atoms with Gasteiger partial charge in [-0.05, 0) is 46.2 Å². The lowest BCUT2D eigenvalue weighted by Crippen LogP contribution is -2.41. The van der Waals surface area contributed by atoms with Gasteiger partial charge in [-0.2, -0.15) is 0 Å². The maximum Gasteiger partial charge on any atom is 0.191 e. The molecule has 0 fully saturated rings. The molecule has 0 saturated carbocycles. The van der Waals surface area contributed by atoms with Crippen LogP contribution in [0.5, 0.6) is 5.75 Å². The van der Waals surface area contributed by atoms with E-state index in [-0.39, 0.29) is 30.1 Å². The standard InChI is InChI=1S/C19H28N4OS.HI/c1-6-20-19(22-12-18-23-15(4)16(5)25-18)21-11-14(3)24-17-10-8-7-9-13(17)2;/h7-10,14H,6,11-12H2,1-5H3,(H2,20,21,22);1H. The second-order valence-electron chi connectivity index (χ2n) is 6.02. The lowest BCUT2D eigenvalue weighted by atomic mass is 10.2. The number of guanidine groups is 1. The number of ether oxygens (including phenoxy) is 1. The Kier molecular flexibility index (Phi) is 9.93. The van der Waals surface area contributed by atoms with Crippen LogP contribution < -0.4 is 15.4 Å². The third-order valence-electron chi connectivity index (χ3n) is 3.77. The summed E-state index contributed by atoms with van der Waals surface area (Å²) in [5, 5.41) is 7.65. The molecule has 2 rings (SSSR count). The van der Waals surface area contributed by atoms with Crippen molar-refractivity contribution < 1.29 is 4.74 Å². The second-order valence-corrected chi connectivity index (χ2v) is 7.31. The van der Waals surface area contributed by atoms with E-state index < -0.39 is 0 Å². The van der Waals surface area contributed by atoms with Crippen molar-refractivity contribution >= 4 is 41.3 Å². The number of aliphatic imine (C=N–C) groups is 1. The summed E-state index contributed by atoms with van der Waals surface area (Å²) < 4.78 is 6.00. The van der Waals surface area contributed by atoms with Crippen LogP contribution >= 0.6 is 35.3 Å². The Balaban J connectivity index is 0.00000338. The maximum atomic E-state index is 6.00. The molecule has 0 amide bonds. The number of nitrogens with zero attached hydrogens (tertiary/aromatic N) is 2. The highest BCUT2D eigenvalue weighted by atomic mass is 127. The fourth-order valence-electron chi connectivity index (χ4n) is 2.28. The smallest absolute Gasteiger partial charge is 0.191 e. The average molecular weight is 488 g/mol. The number of rotatable bonds is 7. The molecule has 0 aliphatic carbocycles. The van der Waals surface area contributed by atoms with Crippen molar-refractivity contribution in [2.24, 2.45) is 4.99 Å². The van der Waals surface area contributed by atoms with Crippen LogP contribution in [0.3, 0.4) is 0 Å². The van der Waals surface area contributed by atoms with Crippen LogP contribution in [0.25, 0.3) is 0 Å². The first-order valence-corrected chi connectivity index (χ1v) is 9.48. The molecule has 1 unspecified atom stereocenters. The van der Waals surface area contributed by atoms with Crippen LogP contribution in [0.4, 0.5) is 0 Å². The minimum absolute atomic E-state index is 0. The first-order valence-electron chi connectivity index (χ1n) is 8.67. The largest absolute Gasteiger partial charge is 0.489 e. The van der Waals surface area contributed by atoms with Gasteiger partial charge in [0.15, 0.2) is 5.96 Å². The number of hydrogen-bond acceptors (Lipinski definition) is 4. The summed E-state index contributed by atoms with van der Waals surface area (Å²) >= 11 is 1.70. The summed E-state index contributed by atoms with van der Waals surface area (Å²) in [7, 11) is 0. The third-order valence-corrected chi connectivity index (χ3v) is 4.83. The number of thiazole rings is 1. The van der Waals surface area contributed by atoms with E-state index >= 15 is 0 Å². The van der Waals surface area contributed by atoms with E-state index in [2.05, 4.69) is 54.4 Å².